The van der Waals surface area contributed by atoms with E-state index < -0.39 is 5.95 Å². The van der Waals surface area contributed by atoms with E-state index in [0.717, 1.165) is 29.2 Å². The molecule has 3 rings (SSSR count). The Morgan fingerprint density at radius 1 is 1.14 bits per heavy atom. The topological polar surface area (TPSA) is 43.4 Å². The monoisotopic (exact) mass is 288 g/mol. The van der Waals surface area contributed by atoms with E-state index >= 15 is 0 Å². The van der Waals surface area contributed by atoms with E-state index in [1.54, 1.807) is 6.07 Å². The summed E-state index contributed by atoms with van der Waals surface area (Å²) < 4.78 is 24.1. The lowest BCUT2D eigenvalue weighted by atomic mass is 10.1. The highest BCUT2D eigenvalue weighted by Crippen LogP contribution is 2.33. The molecule has 0 amide bonds. The van der Waals surface area contributed by atoms with Crippen molar-refractivity contribution in [3.63, 3.8) is 0 Å². The second kappa shape index (κ2) is 5.99. The van der Waals surface area contributed by atoms with E-state index in [9.17, 15) is 4.39 Å². The van der Waals surface area contributed by atoms with Gasteiger partial charge in [-0.25, -0.2) is 4.98 Å². The summed E-state index contributed by atoms with van der Waals surface area (Å²) in [7, 11) is 0. The molecule has 0 aliphatic carbocycles. The molecule has 1 atom stereocenters. The molecule has 21 heavy (non-hydrogen) atoms. The number of halogens is 1. The molecule has 1 unspecified atom stereocenters. The predicted octanol–water partition coefficient (Wildman–Crippen LogP) is 3.56. The first-order chi connectivity index (χ1) is 10.2. The van der Waals surface area contributed by atoms with Crippen LogP contribution in [0.3, 0.4) is 0 Å². The zero-order valence-corrected chi connectivity index (χ0v) is 11.8. The van der Waals surface area contributed by atoms with Gasteiger partial charge in [0.1, 0.15) is 0 Å². The second-order valence-electron chi connectivity index (χ2n) is 4.99. The first-order valence-corrected chi connectivity index (χ1v) is 7.00. The highest BCUT2D eigenvalue weighted by atomic mass is 19.1. The summed E-state index contributed by atoms with van der Waals surface area (Å²) in [6.45, 7) is 3.38. The lowest BCUT2D eigenvalue weighted by molar-refractivity contribution is 0.297. The Balaban J connectivity index is 1.76. The summed E-state index contributed by atoms with van der Waals surface area (Å²) in [5, 5.41) is 3.28. The summed E-state index contributed by atoms with van der Waals surface area (Å²) in [4.78, 5) is 3.63. The van der Waals surface area contributed by atoms with Crippen molar-refractivity contribution in [3.8, 4) is 11.5 Å². The van der Waals surface area contributed by atoms with E-state index in [1.807, 2.05) is 25.1 Å². The number of aromatic nitrogens is 1. The average molecular weight is 288 g/mol. The predicted molar refractivity (Wildman–Crippen MR) is 78.3 cm³/mol. The maximum atomic E-state index is 12.8. The molecule has 1 aromatic heterocycles. The van der Waals surface area contributed by atoms with Gasteiger partial charge in [0.25, 0.3) is 0 Å². The number of hydrogen-bond acceptors (Lipinski definition) is 4. The van der Waals surface area contributed by atoms with Crippen molar-refractivity contribution in [1.82, 2.24) is 4.98 Å². The van der Waals surface area contributed by atoms with Crippen molar-refractivity contribution in [2.45, 2.75) is 19.4 Å². The Kier molecular flexibility index (Phi) is 3.90. The SMILES string of the molecule is CC(Nc1ccc(F)nc1)c1ccc2c(c1)OCCCO2. The fourth-order valence-corrected chi connectivity index (χ4v) is 2.24. The van der Waals surface area contributed by atoms with Crippen molar-refractivity contribution in [1.29, 1.82) is 0 Å². The molecule has 2 heterocycles. The zero-order chi connectivity index (χ0) is 14.7. The Labute approximate surface area is 122 Å². The summed E-state index contributed by atoms with van der Waals surface area (Å²) in [5.74, 6) is 1.08. The van der Waals surface area contributed by atoms with Crippen LogP contribution in [0.1, 0.15) is 24.9 Å². The number of nitrogens with one attached hydrogen (secondary N) is 1. The normalized spacial score (nSPS) is 15.1. The largest absolute Gasteiger partial charge is 0.490 e. The summed E-state index contributed by atoms with van der Waals surface area (Å²) in [6, 6.07) is 8.97. The Morgan fingerprint density at radius 2 is 1.95 bits per heavy atom. The molecule has 1 aliphatic rings. The first kappa shape index (κ1) is 13.7. The van der Waals surface area contributed by atoms with Crippen molar-refractivity contribution in [2.24, 2.45) is 0 Å². The molecule has 0 fully saturated rings. The lowest BCUT2D eigenvalue weighted by Crippen LogP contribution is -2.07. The molecule has 0 radical (unpaired) electrons. The van der Waals surface area contributed by atoms with E-state index in [-0.39, 0.29) is 6.04 Å². The molecule has 110 valence electrons. The number of hydrogen-bond donors (Lipinski definition) is 1. The number of pyridine rings is 1. The second-order valence-corrected chi connectivity index (χ2v) is 4.99. The minimum absolute atomic E-state index is 0.0504. The third kappa shape index (κ3) is 3.24. The first-order valence-electron chi connectivity index (χ1n) is 7.00. The molecule has 1 N–H and O–H groups in total. The van der Waals surface area contributed by atoms with Crippen LogP contribution in [0.2, 0.25) is 0 Å². The molecule has 0 saturated carbocycles. The van der Waals surface area contributed by atoms with Crippen LogP contribution >= 0.6 is 0 Å². The standard InChI is InChI=1S/C16H17FN2O2/c1-11(19-13-4-6-16(17)18-10-13)12-3-5-14-15(9-12)21-8-2-7-20-14/h3-6,9-11,19H,2,7-8H2,1H3. The Bertz CT molecular complexity index is 616. The van der Waals surface area contributed by atoms with Crippen molar-refractivity contribution in [2.75, 3.05) is 18.5 Å². The number of ether oxygens (including phenoxy) is 2. The molecule has 5 heteroatoms. The quantitative estimate of drug-likeness (QED) is 0.877. The van der Waals surface area contributed by atoms with Gasteiger partial charge in [0.15, 0.2) is 11.5 Å². The molecular formula is C16H17FN2O2. The number of nitrogens with zero attached hydrogens (tertiary/aromatic N) is 1. The smallest absolute Gasteiger partial charge is 0.212 e. The van der Waals surface area contributed by atoms with Gasteiger partial charge in [-0.3, -0.25) is 0 Å². The van der Waals surface area contributed by atoms with Gasteiger partial charge in [0.2, 0.25) is 5.95 Å². The minimum atomic E-state index is -0.483. The Morgan fingerprint density at radius 3 is 2.71 bits per heavy atom. The van der Waals surface area contributed by atoms with Gasteiger partial charge in [-0.2, -0.15) is 4.39 Å². The zero-order valence-electron chi connectivity index (χ0n) is 11.8. The van der Waals surface area contributed by atoms with Crippen LogP contribution in [0.5, 0.6) is 11.5 Å². The fourth-order valence-electron chi connectivity index (χ4n) is 2.24. The van der Waals surface area contributed by atoms with E-state index in [2.05, 4.69) is 10.3 Å². The third-order valence-corrected chi connectivity index (χ3v) is 3.38. The van der Waals surface area contributed by atoms with Crippen LogP contribution in [-0.2, 0) is 0 Å². The van der Waals surface area contributed by atoms with Crippen LogP contribution in [-0.4, -0.2) is 18.2 Å². The van der Waals surface area contributed by atoms with Crippen LogP contribution in [0, 0.1) is 5.95 Å². The van der Waals surface area contributed by atoms with Gasteiger partial charge < -0.3 is 14.8 Å². The molecule has 0 spiro atoms. The minimum Gasteiger partial charge on any atom is -0.490 e. The maximum absolute atomic E-state index is 12.8. The van der Waals surface area contributed by atoms with Crippen molar-refractivity contribution < 1.29 is 13.9 Å². The Hall–Kier alpha value is -2.30. The van der Waals surface area contributed by atoms with Gasteiger partial charge in [0.05, 0.1) is 25.1 Å². The summed E-state index contributed by atoms with van der Waals surface area (Å²) in [6.07, 6.45) is 2.37. The lowest BCUT2D eigenvalue weighted by Gasteiger charge is -2.17. The van der Waals surface area contributed by atoms with E-state index in [1.165, 1.54) is 12.3 Å². The summed E-state index contributed by atoms with van der Waals surface area (Å²) in [5.41, 5.74) is 1.85. The van der Waals surface area contributed by atoms with Gasteiger partial charge in [-0.15, -0.1) is 0 Å². The molecule has 0 saturated heterocycles. The third-order valence-electron chi connectivity index (χ3n) is 3.38. The van der Waals surface area contributed by atoms with Crippen LogP contribution < -0.4 is 14.8 Å². The van der Waals surface area contributed by atoms with Gasteiger partial charge >= 0.3 is 0 Å². The highest BCUT2D eigenvalue weighted by Gasteiger charge is 2.13. The molecule has 4 nitrogen and oxygen atoms in total. The van der Waals surface area contributed by atoms with Crippen LogP contribution in [0.25, 0.3) is 0 Å². The molecule has 1 aromatic carbocycles. The number of anilines is 1. The number of fused-ring (bicyclic) bond motifs is 1. The van der Waals surface area contributed by atoms with Crippen molar-refractivity contribution in [3.05, 3.63) is 48.0 Å². The van der Waals surface area contributed by atoms with E-state index in [4.69, 9.17) is 9.47 Å². The highest BCUT2D eigenvalue weighted by molar-refractivity contribution is 5.47. The van der Waals surface area contributed by atoms with Crippen molar-refractivity contribution >= 4 is 5.69 Å². The van der Waals surface area contributed by atoms with Crippen LogP contribution in [0.4, 0.5) is 10.1 Å². The van der Waals surface area contributed by atoms with E-state index in [0.29, 0.717) is 13.2 Å². The summed E-state index contributed by atoms with van der Waals surface area (Å²) >= 11 is 0. The molecule has 1 aliphatic heterocycles. The molecule has 0 bridgehead atoms. The fraction of sp³-hybridized carbons (Fsp3) is 0.312. The number of rotatable bonds is 3. The maximum Gasteiger partial charge on any atom is 0.212 e. The van der Waals surface area contributed by atoms with Gasteiger partial charge in [-0.05, 0) is 36.8 Å². The van der Waals surface area contributed by atoms with Crippen LogP contribution in [0.15, 0.2) is 36.5 Å². The van der Waals surface area contributed by atoms with Gasteiger partial charge in [0, 0.05) is 12.5 Å². The molecular weight excluding hydrogens is 271 g/mol. The van der Waals surface area contributed by atoms with Gasteiger partial charge in [-0.1, -0.05) is 6.07 Å². The molecule has 2 aromatic rings. The number of benzene rings is 1. The average Bonchev–Trinajstić information content (AvgIpc) is 2.74.